The first-order valence-electron chi connectivity index (χ1n) is 5.73. The first-order valence-corrected chi connectivity index (χ1v) is 6.11. The lowest BCUT2D eigenvalue weighted by atomic mass is 9.97. The molecule has 0 saturated heterocycles. The van der Waals surface area contributed by atoms with E-state index >= 15 is 0 Å². The molecule has 0 amide bonds. The predicted molar refractivity (Wildman–Crippen MR) is 63.6 cm³/mol. The first kappa shape index (κ1) is 12.4. The van der Waals surface area contributed by atoms with Gasteiger partial charge in [0.05, 0.1) is 10.9 Å². The second-order valence-corrected chi connectivity index (χ2v) is 5.07. The lowest BCUT2D eigenvalue weighted by Gasteiger charge is -2.10. The fourth-order valence-corrected chi connectivity index (χ4v) is 2.69. The highest BCUT2D eigenvalue weighted by atomic mass is 35.5. The van der Waals surface area contributed by atoms with Crippen LogP contribution in [0, 0.1) is 17.7 Å². The number of carboxylic acids is 1. The number of aliphatic carboxylic acids is 1. The fourth-order valence-electron chi connectivity index (χ4n) is 2.48. The maximum absolute atomic E-state index is 13.0. The van der Waals surface area contributed by atoms with Gasteiger partial charge in [0, 0.05) is 0 Å². The van der Waals surface area contributed by atoms with E-state index in [0.29, 0.717) is 12.3 Å². The van der Waals surface area contributed by atoms with Crippen LogP contribution in [0.4, 0.5) is 4.39 Å². The summed E-state index contributed by atoms with van der Waals surface area (Å²) in [6.45, 7) is 0. The van der Waals surface area contributed by atoms with Gasteiger partial charge < -0.3 is 5.11 Å². The van der Waals surface area contributed by atoms with Crippen molar-refractivity contribution >= 4 is 17.6 Å². The molecule has 2 atom stereocenters. The summed E-state index contributed by atoms with van der Waals surface area (Å²) in [5.41, 5.74) is 0.979. The minimum absolute atomic E-state index is 0.135. The van der Waals surface area contributed by atoms with Crippen LogP contribution >= 0.6 is 11.6 Å². The zero-order chi connectivity index (χ0) is 12.4. The molecule has 0 bridgehead atoms. The summed E-state index contributed by atoms with van der Waals surface area (Å²) in [7, 11) is 0. The molecule has 4 heteroatoms. The van der Waals surface area contributed by atoms with Crippen LogP contribution in [-0.4, -0.2) is 11.1 Å². The number of halogens is 2. The van der Waals surface area contributed by atoms with Gasteiger partial charge in [-0.3, -0.25) is 4.79 Å². The van der Waals surface area contributed by atoms with E-state index in [1.54, 1.807) is 12.1 Å². The molecule has 17 heavy (non-hydrogen) atoms. The van der Waals surface area contributed by atoms with E-state index in [9.17, 15) is 9.18 Å². The highest BCUT2D eigenvalue weighted by molar-refractivity contribution is 6.30. The van der Waals surface area contributed by atoms with Gasteiger partial charge in [-0.1, -0.05) is 17.7 Å². The van der Waals surface area contributed by atoms with Crippen molar-refractivity contribution in [3.05, 3.63) is 34.6 Å². The van der Waals surface area contributed by atoms with Crippen molar-refractivity contribution in [2.24, 2.45) is 11.8 Å². The molecule has 1 fully saturated rings. The summed E-state index contributed by atoms with van der Waals surface area (Å²) in [5, 5.41) is 9.04. The van der Waals surface area contributed by atoms with Gasteiger partial charge in [-0.2, -0.15) is 0 Å². The van der Waals surface area contributed by atoms with Gasteiger partial charge in [0.2, 0.25) is 0 Å². The van der Waals surface area contributed by atoms with Crippen LogP contribution in [0.15, 0.2) is 18.2 Å². The molecule has 1 aliphatic carbocycles. The number of hydrogen-bond donors (Lipinski definition) is 1. The molecule has 1 aromatic carbocycles. The molecular weight excluding hydrogens is 243 g/mol. The van der Waals surface area contributed by atoms with Crippen LogP contribution in [0.5, 0.6) is 0 Å². The average molecular weight is 257 g/mol. The van der Waals surface area contributed by atoms with Gasteiger partial charge in [0.1, 0.15) is 5.82 Å². The van der Waals surface area contributed by atoms with Crippen LogP contribution in [0.25, 0.3) is 0 Å². The predicted octanol–water partition coefficient (Wildman–Crippen LogP) is 3.52. The number of carbonyl (C=O) groups is 1. The Hall–Kier alpha value is -1.09. The van der Waals surface area contributed by atoms with Crippen LogP contribution in [-0.2, 0) is 11.2 Å². The number of benzene rings is 1. The van der Waals surface area contributed by atoms with Gasteiger partial charge in [-0.25, -0.2) is 4.39 Å². The second-order valence-electron chi connectivity index (χ2n) is 4.67. The smallest absolute Gasteiger partial charge is 0.306 e. The van der Waals surface area contributed by atoms with E-state index in [4.69, 9.17) is 16.7 Å². The Labute approximate surface area is 104 Å². The largest absolute Gasteiger partial charge is 0.481 e. The third kappa shape index (κ3) is 2.97. The van der Waals surface area contributed by atoms with Crippen molar-refractivity contribution in [3.8, 4) is 0 Å². The zero-order valence-electron chi connectivity index (χ0n) is 9.33. The van der Waals surface area contributed by atoms with Gasteiger partial charge in [0.15, 0.2) is 0 Å². The summed E-state index contributed by atoms with van der Waals surface area (Å²) in [6.07, 6.45) is 3.16. The molecule has 0 aromatic heterocycles. The summed E-state index contributed by atoms with van der Waals surface area (Å²) < 4.78 is 13.0. The second kappa shape index (κ2) is 5.05. The molecular formula is C13H14ClFO2. The van der Waals surface area contributed by atoms with Crippen LogP contribution in [0.2, 0.25) is 5.02 Å². The van der Waals surface area contributed by atoms with Crippen molar-refractivity contribution in [2.45, 2.75) is 25.7 Å². The van der Waals surface area contributed by atoms with Crippen LogP contribution in [0.1, 0.15) is 24.8 Å². The van der Waals surface area contributed by atoms with E-state index in [0.717, 1.165) is 24.8 Å². The Morgan fingerprint density at radius 3 is 2.82 bits per heavy atom. The molecule has 0 aliphatic heterocycles. The highest BCUT2D eigenvalue weighted by Gasteiger charge is 2.29. The summed E-state index contributed by atoms with van der Waals surface area (Å²) in [5.74, 6) is -0.955. The lowest BCUT2D eigenvalue weighted by molar-refractivity contribution is -0.141. The SMILES string of the molecule is O=C(O)C1CC[C@@H](Cc2ccc(F)c(Cl)c2)C1. The molecule has 1 saturated carbocycles. The molecule has 2 nitrogen and oxygen atoms in total. The van der Waals surface area contributed by atoms with Crippen molar-refractivity contribution in [3.63, 3.8) is 0 Å². The minimum atomic E-state index is -0.704. The molecule has 92 valence electrons. The van der Waals surface area contributed by atoms with Crippen LogP contribution in [0.3, 0.4) is 0 Å². The third-order valence-corrected chi connectivity index (χ3v) is 3.69. The number of rotatable bonds is 3. The first-order chi connectivity index (χ1) is 8.06. The van der Waals surface area contributed by atoms with E-state index < -0.39 is 11.8 Å². The Balaban J connectivity index is 1.98. The molecule has 2 rings (SSSR count). The van der Waals surface area contributed by atoms with Gasteiger partial charge in [-0.15, -0.1) is 0 Å². The summed E-state index contributed by atoms with van der Waals surface area (Å²) in [4.78, 5) is 10.8. The Morgan fingerprint density at radius 2 is 2.24 bits per heavy atom. The normalized spacial score (nSPS) is 23.9. The van der Waals surface area contributed by atoms with E-state index in [1.165, 1.54) is 6.07 Å². The highest BCUT2D eigenvalue weighted by Crippen LogP contribution is 2.33. The maximum atomic E-state index is 13.0. The van der Waals surface area contributed by atoms with Crippen molar-refractivity contribution in [1.29, 1.82) is 0 Å². The van der Waals surface area contributed by atoms with Crippen molar-refractivity contribution in [1.82, 2.24) is 0 Å². The number of hydrogen-bond acceptors (Lipinski definition) is 1. The number of carboxylic acid groups (broad SMARTS) is 1. The van der Waals surface area contributed by atoms with E-state index in [-0.39, 0.29) is 10.9 Å². The quantitative estimate of drug-likeness (QED) is 0.898. The Kier molecular flexibility index (Phi) is 3.67. The molecule has 1 unspecified atom stereocenters. The molecule has 1 N–H and O–H groups in total. The molecule has 0 radical (unpaired) electrons. The zero-order valence-corrected chi connectivity index (χ0v) is 10.1. The fraction of sp³-hybridized carbons (Fsp3) is 0.462. The summed E-state index contributed by atoms with van der Waals surface area (Å²) >= 11 is 5.71. The maximum Gasteiger partial charge on any atom is 0.306 e. The van der Waals surface area contributed by atoms with Gasteiger partial charge >= 0.3 is 5.97 Å². The van der Waals surface area contributed by atoms with E-state index in [1.807, 2.05) is 0 Å². The lowest BCUT2D eigenvalue weighted by Crippen LogP contribution is -2.10. The standard InChI is InChI=1S/C13H14ClFO2/c14-11-7-9(2-4-12(11)15)5-8-1-3-10(6-8)13(16)17/h2,4,7-8,10H,1,3,5-6H2,(H,16,17)/t8-,10?/m0/s1. The topological polar surface area (TPSA) is 37.3 Å². The molecule has 0 spiro atoms. The average Bonchev–Trinajstić information content (AvgIpc) is 2.72. The van der Waals surface area contributed by atoms with Gasteiger partial charge in [-0.05, 0) is 49.3 Å². The minimum Gasteiger partial charge on any atom is -0.481 e. The van der Waals surface area contributed by atoms with E-state index in [2.05, 4.69) is 0 Å². The molecule has 1 aromatic rings. The molecule has 1 aliphatic rings. The third-order valence-electron chi connectivity index (χ3n) is 3.40. The Bertz CT molecular complexity index is 433. The Morgan fingerprint density at radius 1 is 1.47 bits per heavy atom. The monoisotopic (exact) mass is 256 g/mol. The van der Waals surface area contributed by atoms with Crippen molar-refractivity contribution < 1.29 is 14.3 Å². The van der Waals surface area contributed by atoms with Crippen molar-refractivity contribution in [2.75, 3.05) is 0 Å². The summed E-state index contributed by atoms with van der Waals surface area (Å²) in [6, 6.07) is 4.71. The van der Waals surface area contributed by atoms with Crippen LogP contribution < -0.4 is 0 Å². The van der Waals surface area contributed by atoms with Gasteiger partial charge in [0.25, 0.3) is 0 Å². The molecule has 0 heterocycles.